The third-order valence-corrected chi connectivity index (χ3v) is 7.22. The maximum atomic E-state index is 13.6. The van der Waals surface area contributed by atoms with E-state index in [1.807, 2.05) is 12.1 Å². The van der Waals surface area contributed by atoms with Crippen LogP contribution in [0, 0.1) is 0 Å². The Morgan fingerprint density at radius 1 is 1.00 bits per heavy atom. The van der Waals surface area contributed by atoms with Crippen LogP contribution in [0.4, 0.5) is 0 Å². The van der Waals surface area contributed by atoms with Crippen LogP contribution in [0.1, 0.15) is 36.4 Å². The molecule has 26 heavy (non-hydrogen) atoms. The van der Waals surface area contributed by atoms with Crippen LogP contribution in [0.3, 0.4) is 0 Å². The van der Waals surface area contributed by atoms with Crippen molar-refractivity contribution in [3.8, 4) is 11.5 Å². The predicted octanol–water partition coefficient (Wildman–Crippen LogP) is 3.54. The van der Waals surface area contributed by atoms with Gasteiger partial charge in [0.05, 0.1) is 20.3 Å². The zero-order valence-corrected chi connectivity index (χ0v) is 15.8. The second-order valence-electron chi connectivity index (χ2n) is 6.84. The molecule has 1 unspecified atom stereocenters. The molecule has 4 rings (SSSR count). The number of nitrogens with zero attached hydrogens (tertiary/aromatic N) is 1. The van der Waals surface area contributed by atoms with Crippen LogP contribution < -0.4 is 9.47 Å². The number of hydrogen-bond donors (Lipinski definition) is 0. The van der Waals surface area contributed by atoms with Crippen molar-refractivity contribution in [2.75, 3.05) is 14.2 Å². The first-order valence-corrected chi connectivity index (χ1v) is 10.3. The summed E-state index contributed by atoms with van der Waals surface area (Å²) in [6.45, 7) is 0. The SMILES string of the molecule is COc1ccc(OC)c(S(=O)(=O)N(C2CC2)C2CCc3ccccc32)c1. The van der Waals surface area contributed by atoms with Crippen molar-refractivity contribution in [3.05, 3.63) is 53.6 Å². The molecule has 1 atom stereocenters. The van der Waals surface area contributed by atoms with Crippen LogP contribution in [0.5, 0.6) is 11.5 Å². The zero-order chi connectivity index (χ0) is 18.3. The molecule has 0 saturated heterocycles. The summed E-state index contributed by atoms with van der Waals surface area (Å²) in [4.78, 5) is 0.177. The standard InChI is InChI=1S/C20H23NO4S/c1-24-16-10-12-19(25-2)20(13-16)26(22,23)21(15-8-9-15)18-11-7-14-5-3-4-6-17(14)18/h3-6,10,12-13,15,18H,7-9,11H2,1-2H3. The summed E-state index contributed by atoms with van der Waals surface area (Å²) in [5, 5.41) is 0. The molecule has 0 aromatic heterocycles. The average Bonchev–Trinajstić information content (AvgIpc) is 3.40. The highest BCUT2D eigenvalue weighted by molar-refractivity contribution is 7.89. The lowest BCUT2D eigenvalue weighted by molar-refractivity contribution is 0.311. The summed E-state index contributed by atoms with van der Waals surface area (Å²) in [5.41, 5.74) is 2.38. The van der Waals surface area contributed by atoms with E-state index < -0.39 is 10.0 Å². The molecule has 0 bridgehead atoms. The van der Waals surface area contributed by atoms with Crippen LogP contribution in [0.2, 0.25) is 0 Å². The summed E-state index contributed by atoms with van der Waals surface area (Å²) < 4.78 is 39.6. The van der Waals surface area contributed by atoms with Crippen LogP contribution >= 0.6 is 0 Å². The Labute approximate surface area is 154 Å². The van der Waals surface area contributed by atoms with Crippen molar-refractivity contribution >= 4 is 10.0 Å². The number of methoxy groups -OCH3 is 2. The first-order chi connectivity index (χ1) is 12.6. The number of fused-ring (bicyclic) bond motifs is 1. The quantitative estimate of drug-likeness (QED) is 0.777. The number of sulfonamides is 1. The van der Waals surface area contributed by atoms with Crippen molar-refractivity contribution in [2.45, 2.75) is 42.7 Å². The molecule has 138 valence electrons. The average molecular weight is 373 g/mol. The number of aryl methyl sites for hydroxylation is 1. The van der Waals surface area contributed by atoms with Gasteiger partial charge in [0.1, 0.15) is 16.4 Å². The highest BCUT2D eigenvalue weighted by Crippen LogP contribution is 2.46. The zero-order valence-electron chi connectivity index (χ0n) is 15.0. The van der Waals surface area contributed by atoms with Gasteiger partial charge < -0.3 is 9.47 Å². The minimum absolute atomic E-state index is 0.0621. The van der Waals surface area contributed by atoms with Crippen molar-refractivity contribution in [1.29, 1.82) is 0 Å². The van der Waals surface area contributed by atoms with Crippen molar-refractivity contribution < 1.29 is 17.9 Å². The molecule has 5 nitrogen and oxygen atoms in total. The van der Waals surface area contributed by atoms with Gasteiger partial charge in [0.2, 0.25) is 10.0 Å². The summed E-state index contributed by atoms with van der Waals surface area (Å²) >= 11 is 0. The molecule has 2 aliphatic rings. The van der Waals surface area contributed by atoms with Gasteiger partial charge in [-0.3, -0.25) is 0 Å². The lowest BCUT2D eigenvalue weighted by Gasteiger charge is -2.29. The number of benzene rings is 2. The minimum Gasteiger partial charge on any atom is -0.497 e. The van der Waals surface area contributed by atoms with Gasteiger partial charge in [-0.25, -0.2) is 8.42 Å². The molecule has 0 heterocycles. The highest BCUT2D eigenvalue weighted by atomic mass is 32.2. The van der Waals surface area contributed by atoms with E-state index in [-0.39, 0.29) is 17.0 Å². The number of rotatable bonds is 6. The molecular weight excluding hydrogens is 350 g/mol. The Morgan fingerprint density at radius 3 is 2.46 bits per heavy atom. The largest absolute Gasteiger partial charge is 0.497 e. The Kier molecular flexibility index (Phi) is 4.40. The minimum atomic E-state index is -3.71. The van der Waals surface area contributed by atoms with Gasteiger partial charge in [0, 0.05) is 12.1 Å². The van der Waals surface area contributed by atoms with Gasteiger partial charge in [-0.2, -0.15) is 4.31 Å². The predicted molar refractivity (Wildman–Crippen MR) is 99.1 cm³/mol. The fourth-order valence-electron chi connectivity index (χ4n) is 3.85. The first-order valence-electron chi connectivity index (χ1n) is 8.89. The van der Waals surface area contributed by atoms with E-state index in [0.717, 1.165) is 31.2 Å². The molecule has 2 aromatic carbocycles. The third kappa shape index (κ3) is 2.87. The summed E-state index contributed by atoms with van der Waals surface area (Å²) in [7, 11) is -0.686. The summed E-state index contributed by atoms with van der Waals surface area (Å²) in [5.74, 6) is 0.856. The molecule has 1 saturated carbocycles. The molecule has 1 fully saturated rings. The molecule has 0 spiro atoms. The third-order valence-electron chi connectivity index (χ3n) is 5.24. The van der Waals surface area contributed by atoms with Gasteiger partial charge in [0.15, 0.2) is 0 Å². The number of ether oxygens (including phenoxy) is 2. The van der Waals surface area contributed by atoms with Crippen LogP contribution in [0.15, 0.2) is 47.4 Å². The topological polar surface area (TPSA) is 55.8 Å². The molecule has 2 aromatic rings. The van der Waals surface area contributed by atoms with Gasteiger partial charge in [-0.1, -0.05) is 24.3 Å². The normalized spacial score (nSPS) is 19.4. The van der Waals surface area contributed by atoms with E-state index in [9.17, 15) is 8.42 Å². The van der Waals surface area contributed by atoms with E-state index in [0.29, 0.717) is 11.5 Å². The van der Waals surface area contributed by atoms with Crippen LogP contribution in [-0.4, -0.2) is 33.0 Å². The van der Waals surface area contributed by atoms with Crippen molar-refractivity contribution in [1.82, 2.24) is 4.31 Å². The van der Waals surface area contributed by atoms with E-state index in [2.05, 4.69) is 12.1 Å². The second kappa shape index (κ2) is 6.59. The Morgan fingerprint density at radius 2 is 1.77 bits per heavy atom. The Balaban J connectivity index is 1.81. The molecule has 0 amide bonds. The molecular formula is C20H23NO4S. The highest BCUT2D eigenvalue weighted by Gasteiger charge is 2.45. The van der Waals surface area contributed by atoms with Gasteiger partial charge >= 0.3 is 0 Å². The lowest BCUT2D eigenvalue weighted by atomic mass is 10.1. The molecule has 6 heteroatoms. The number of hydrogen-bond acceptors (Lipinski definition) is 4. The van der Waals surface area contributed by atoms with E-state index in [1.165, 1.54) is 19.8 Å². The summed E-state index contributed by atoms with van der Waals surface area (Å²) in [6.07, 6.45) is 3.55. The molecule has 0 aliphatic heterocycles. The van der Waals surface area contributed by atoms with Gasteiger partial charge in [-0.15, -0.1) is 0 Å². The van der Waals surface area contributed by atoms with Crippen molar-refractivity contribution in [3.63, 3.8) is 0 Å². The first kappa shape index (κ1) is 17.4. The smallest absolute Gasteiger partial charge is 0.247 e. The fourth-order valence-corrected chi connectivity index (χ4v) is 5.90. The van der Waals surface area contributed by atoms with Crippen LogP contribution in [-0.2, 0) is 16.4 Å². The Hall–Kier alpha value is -2.05. The van der Waals surface area contributed by atoms with E-state index >= 15 is 0 Å². The van der Waals surface area contributed by atoms with Gasteiger partial charge in [0.25, 0.3) is 0 Å². The monoisotopic (exact) mass is 373 g/mol. The lowest BCUT2D eigenvalue weighted by Crippen LogP contribution is -2.36. The van der Waals surface area contributed by atoms with Gasteiger partial charge in [-0.05, 0) is 48.9 Å². The fraction of sp³-hybridized carbons (Fsp3) is 0.400. The maximum absolute atomic E-state index is 13.6. The molecule has 2 aliphatic carbocycles. The van der Waals surface area contributed by atoms with E-state index in [1.54, 1.807) is 22.5 Å². The molecule has 0 N–H and O–H groups in total. The molecule has 0 radical (unpaired) electrons. The summed E-state index contributed by atoms with van der Waals surface area (Å²) in [6, 6.07) is 13.0. The van der Waals surface area contributed by atoms with Crippen LogP contribution in [0.25, 0.3) is 0 Å². The second-order valence-corrected chi connectivity index (χ2v) is 8.65. The maximum Gasteiger partial charge on any atom is 0.247 e. The van der Waals surface area contributed by atoms with Crippen molar-refractivity contribution in [2.24, 2.45) is 0 Å². The Bertz CT molecular complexity index is 921. The van der Waals surface area contributed by atoms with E-state index in [4.69, 9.17) is 9.47 Å².